The minimum Gasteiger partial charge on any atom is -0.497 e. The zero-order valence-corrected chi connectivity index (χ0v) is 13.6. The summed E-state index contributed by atoms with van der Waals surface area (Å²) in [6.07, 6.45) is 0. The molecule has 3 aromatic heterocycles. The first-order valence-corrected chi connectivity index (χ1v) is 8.08. The normalized spacial score (nSPS) is 11.6. The van der Waals surface area contributed by atoms with Gasteiger partial charge in [-0.1, -0.05) is 36.4 Å². The molecule has 4 nitrogen and oxygen atoms in total. The molecule has 120 valence electrons. The first-order valence-electron chi connectivity index (χ1n) is 8.08. The van der Waals surface area contributed by atoms with E-state index in [0.717, 1.165) is 33.6 Å². The highest BCUT2D eigenvalue weighted by atomic mass is 16.5. The lowest BCUT2D eigenvalue weighted by Gasteiger charge is -2.08. The molecule has 5 aromatic rings. The first-order chi connectivity index (χ1) is 12.3. The molecule has 0 bridgehead atoms. The summed E-state index contributed by atoms with van der Waals surface area (Å²) in [6.45, 7) is 0. The van der Waals surface area contributed by atoms with Crippen molar-refractivity contribution in [3.05, 3.63) is 77.0 Å². The molecule has 5 rings (SSSR count). The Morgan fingerprint density at radius 1 is 0.920 bits per heavy atom. The third-order valence-corrected chi connectivity index (χ3v) is 4.65. The molecule has 25 heavy (non-hydrogen) atoms. The van der Waals surface area contributed by atoms with E-state index in [1.807, 2.05) is 71.1 Å². The minimum atomic E-state index is 0.00719. The molecule has 3 heterocycles. The molecular formula is C21H14N2O2. The highest BCUT2D eigenvalue weighted by Crippen LogP contribution is 2.33. The summed E-state index contributed by atoms with van der Waals surface area (Å²) in [5.74, 6) is 0.722. The van der Waals surface area contributed by atoms with Gasteiger partial charge in [0.05, 0.1) is 23.8 Å². The van der Waals surface area contributed by atoms with E-state index < -0.39 is 0 Å². The van der Waals surface area contributed by atoms with Crippen LogP contribution in [-0.2, 0) is 0 Å². The molecular weight excluding hydrogens is 312 g/mol. The molecule has 4 heteroatoms. The second-order valence-electron chi connectivity index (χ2n) is 6.02. The van der Waals surface area contributed by atoms with Crippen LogP contribution in [0.4, 0.5) is 0 Å². The Balaban J connectivity index is 2.08. The van der Waals surface area contributed by atoms with Crippen LogP contribution >= 0.6 is 0 Å². The van der Waals surface area contributed by atoms with Crippen molar-refractivity contribution in [1.82, 2.24) is 9.38 Å². The molecule has 0 unspecified atom stereocenters. The van der Waals surface area contributed by atoms with Crippen LogP contribution in [0.2, 0.25) is 0 Å². The predicted octanol–water partition coefficient (Wildman–Crippen LogP) is 4.11. The lowest BCUT2D eigenvalue weighted by atomic mass is 10.0. The summed E-state index contributed by atoms with van der Waals surface area (Å²) >= 11 is 0. The van der Waals surface area contributed by atoms with Crippen molar-refractivity contribution in [2.24, 2.45) is 0 Å². The number of methoxy groups -OCH3 is 1. The van der Waals surface area contributed by atoms with E-state index in [9.17, 15) is 4.79 Å². The van der Waals surface area contributed by atoms with Crippen LogP contribution in [-0.4, -0.2) is 16.5 Å². The van der Waals surface area contributed by atoms with Crippen LogP contribution in [0.3, 0.4) is 0 Å². The number of hydrogen-bond donors (Lipinski definition) is 0. The van der Waals surface area contributed by atoms with Gasteiger partial charge in [-0.3, -0.25) is 9.20 Å². The zero-order chi connectivity index (χ0) is 17.0. The molecule has 0 spiro atoms. The molecule has 0 aliphatic rings. The standard InChI is InChI=1S/C21H14N2O2/c1-25-14-10-11-15-16(12-14)20-19(13-6-3-2-4-7-13)22-18-9-5-8-17(21(15)24)23(18)20/h2-12H,1H3. The Hall–Kier alpha value is -3.40. The smallest absolute Gasteiger partial charge is 0.210 e. The lowest BCUT2D eigenvalue weighted by molar-refractivity contribution is 0.415. The monoisotopic (exact) mass is 326 g/mol. The molecule has 0 saturated heterocycles. The van der Waals surface area contributed by atoms with Crippen molar-refractivity contribution in [3.8, 4) is 17.0 Å². The fraction of sp³-hybridized carbons (Fsp3) is 0.0476. The van der Waals surface area contributed by atoms with Crippen molar-refractivity contribution in [1.29, 1.82) is 0 Å². The number of nitrogens with zero attached hydrogens (tertiary/aromatic N) is 2. The van der Waals surface area contributed by atoms with Crippen LogP contribution < -0.4 is 10.2 Å². The summed E-state index contributed by atoms with van der Waals surface area (Å²) in [7, 11) is 1.63. The van der Waals surface area contributed by atoms with E-state index >= 15 is 0 Å². The maximum atomic E-state index is 13.0. The van der Waals surface area contributed by atoms with Gasteiger partial charge in [0.2, 0.25) is 5.43 Å². The number of fused-ring (bicyclic) bond motifs is 2. The topological polar surface area (TPSA) is 43.6 Å². The van der Waals surface area contributed by atoms with Crippen LogP contribution in [0.1, 0.15) is 0 Å². The summed E-state index contributed by atoms with van der Waals surface area (Å²) in [5.41, 5.74) is 4.25. The van der Waals surface area contributed by atoms with Gasteiger partial charge in [-0.05, 0) is 30.3 Å². The number of imidazole rings is 1. The first kappa shape index (κ1) is 14.0. The molecule has 0 saturated carbocycles. The fourth-order valence-corrected chi connectivity index (χ4v) is 3.50. The van der Waals surface area contributed by atoms with E-state index in [-0.39, 0.29) is 5.43 Å². The second kappa shape index (κ2) is 5.05. The Kier molecular flexibility index (Phi) is 2.82. The van der Waals surface area contributed by atoms with Crippen molar-refractivity contribution in [3.63, 3.8) is 0 Å². The number of pyridine rings is 2. The van der Waals surface area contributed by atoms with Gasteiger partial charge in [0.1, 0.15) is 11.4 Å². The molecule has 0 N–H and O–H groups in total. The maximum absolute atomic E-state index is 13.0. The van der Waals surface area contributed by atoms with Gasteiger partial charge >= 0.3 is 0 Å². The van der Waals surface area contributed by atoms with E-state index in [1.165, 1.54) is 0 Å². The van der Waals surface area contributed by atoms with Crippen molar-refractivity contribution in [2.75, 3.05) is 7.11 Å². The fourth-order valence-electron chi connectivity index (χ4n) is 3.50. The van der Waals surface area contributed by atoms with E-state index in [0.29, 0.717) is 10.9 Å². The summed E-state index contributed by atoms with van der Waals surface area (Å²) in [6, 6.07) is 21.3. The molecule has 0 atom stereocenters. The third-order valence-electron chi connectivity index (χ3n) is 4.65. The van der Waals surface area contributed by atoms with Gasteiger partial charge < -0.3 is 4.74 Å². The lowest BCUT2D eigenvalue weighted by Crippen LogP contribution is -2.08. The molecule has 0 amide bonds. The van der Waals surface area contributed by atoms with E-state index in [2.05, 4.69) is 0 Å². The third kappa shape index (κ3) is 1.88. The number of aromatic nitrogens is 2. The van der Waals surface area contributed by atoms with Gasteiger partial charge in [0, 0.05) is 16.3 Å². The van der Waals surface area contributed by atoms with Gasteiger partial charge in [0.15, 0.2) is 0 Å². The van der Waals surface area contributed by atoms with Crippen molar-refractivity contribution < 1.29 is 4.74 Å². The molecule has 2 aromatic carbocycles. The predicted molar refractivity (Wildman–Crippen MR) is 99.6 cm³/mol. The maximum Gasteiger partial charge on any atom is 0.210 e. The van der Waals surface area contributed by atoms with Crippen LogP contribution in [0.5, 0.6) is 5.75 Å². The number of ether oxygens (including phenoxy) is 1. The van der Waals surface area contributed by atoms with Gasteiger partial charge in [-0.25, -0.2) is 4.98 Å². The highest BCUT2D eigenvalue weighted by molar-refractivity contribution is 6.06. The highest BCUT2D eigenvalue weighted by Gasteiger charge is 2.18. The minimum absolute atomic E-state index is 0.00719. The van der Waals surface area contributed by atoms with Crippen LogP contribution in [0.15, 0.2) is 71.5 Å². The SMILES string of the molecule is COc1ccc2c(=O)c3cccc4nc(-c5ccccc5)c(c2c1)n43. The zero-order valence-electron chi connectivity index (χ0n) is 13.6. The molecule has 0 radical (unpaired) electrons. The Morgan fingerprint density at radius 2 is 1.76 bits per heavy atom. The average molecular weight is 326 g/mol. The van der Waals surface area contributed by atoms with Gasteiger partial charge in [-0.2, -0.15) is 0 Å². The van der Waals surface area contributed by atoms with Gasteiger partial charge in [0.25, 0.3) is 0 Å². The van der Waals surface area contributed by atoms with Crippen LogP contribution in [0.25, 0.3) is 38.7 Å². The number of hydrogen-bond acceptors (Lipinski definition) is 3. The Labute approximate surface area is 143 Å². The van der Waals surface area contributed by atoms with E-state index in [4.69, 9.17) is 9.72 Å². The molecule has 0 fully saturated rings. The van der Waals surface area contributed by atoms with Crippen LogP contribution in [0, 0.1) is 0 Å². The number of rotatable bonds is 2. The molecule has 0 aliphatic carbocycles. The largest absolute Gasteiger partial charge is 0.497 e. The average Bonchev–Trinajstić information content (AvgIpc) is 3.07. The Bertz CT molecular complexity index is 1290. The number of benzene rings is 2. The summed E-state index contributed by atoms with van der Waals surface area (Å²) < 4.78 is 7.33. The molecule has 0 aliphatic heterocycles. The Morgan fingerprint density at radius 3 is 2.56 bits per heavy atom. The quantitative estimate of drug-likeness (QED) is 0.458. The van der Waals surface area contributed by atoms with Crippen molar-refractivity contribution >= 4 is 27.5 Å². The summed E-state index contributed by atoms with van der Waals surface area (Å²) in [4.78, 5) is 17.8. The van der Waals surface area contributed by atoms with Gasteiger partial charge in [-0.15, -0.1) is 0 Å². The summed E-state index contributed by atoms with van der Waals surface area (Å²) in [5, 5.41) is 1.54. The van der Waals surface area contributed by atoms with Crippen molar-refractivity contribution in [2.45, 2.75) is 0 Å². The second-order valence-corrected chi connectivity index (χ2v) is 6.02. The van der Waals surface area contributed by atoms with E-state index in [1.54, 1.807) is 7.11 Å².